The second kappa shape index (κ2) is 9.75. The lowest BCUT2D eigenvalue weighted by Crippen LogP contribution is -2.22. The molecule has 0 aromatic heterocycles. The normalized spacial score (nSPS) is 14.6. The van der Waals surface area contributed by atoms with Gasteiger partial charge in [-0.15, -0.1) is 0 Å². The number of oxime groups is 1. The van der Waals surface area contributed by atoms with Crippen LogP contribution in [0.2, 0.25) is 0 Å². The maximum Gasteiger partial charge on any atom is 0.415 e. The molecule has 0 heterocycles. The Bertz CT molecular complexity index is 682. The van der Waals surface area contributed by atoms with E-state index in [0.717, 1.165) is 12.3 Å². The average molecular weight is 357 g/mol. The van der Waals surface area contributed by atoms with Crippen LogP contribution in [0.5, 0.6) is 0 Å². The van der Waals surface area contributed by atoms with E-state index in [4.69, 9.17) is 17.2 Å². The minimum atomic E-state index is -4.64. The van der Waals surface area contributed by atoms with E-state index >= 15 is 0 Å². The van der Waals surface area contributed by atoms with Crippen molar-refractivity contribution in [2.75, 3.05) is 0 Å². The predicted octanol–water partition coefficient (Wildman–Crippen LogP) is 1.77. The van der Waals surface area contributed by atoms with Crippen molar-refractivity contribution in [1.29, 1.82) is 0 Å². The fraction of sp³-hybridized carbons (Fsp3) is 0.133. The Hall–Kier alpha value is -3.30. The van der Waals surface area contributed by atoms with Crippen molar-refractivity contribution in [2.24, 2.45) is 27.3 Å². The first-order valence-electron chi connectivity index (χ1n) is 6.56. The smallest absolute Gasteiger partial charge is 0.402 e. The minimum Gasteiger partial charge on any atom is -0.402 e. The molecule has 0 unspecified atom stereocenters. The molecule has 10 heteroatoms. The lowest BCUT2D eigenvalue weighted by Gasteiger charge is -2.06. The van der Waals surface area contributed by atoms with E-state index in [1.165, 1.54) is 19.2 Å². The van der Waals surface area contributed by atoms with Gasteiger partial charge in [0.2, 0.25) is 0 Å². The highest BCUT2D eigenvalue weighted by atomic mass is 19.4. The van der Waals surface area contributed by atoms with Crippen LogP contribution in [0.15, 0.2) is 70.3 Å². The number of halogens is 3. The molecule has 136 valence electrons. The van der Waals surface area contributed by atoms with Crippen molar-refractivity contribution in [1.82, 2.24) is 0 Å². The molecule has 0 fully saturated rings. The summed E-state index contributed by atoms with van der Waals surface area (Å²) >= 11 is 0. The third-order valence-corrected chi connectivity index (χ3v) is 2.39. The molecule has 0 aliphatic rings. The van der Waals surface area contributed by atoms with E-state index in [0.29, 0.717) is 6.08 Å². The fourth-order valence-electron chi connectivity index (χ4n) is 1.08. The first-order chi connectivity index (χ1) is 11.5. The van der Waals surface area contributed by atoms with Crippen molar-refractivity contribution in [3.05, 3.63) is 60.1 Å². The highest BCUT2D eigenvalue weighted by molar-refractivity contribution is 5.97. The zero-order chi connectivity index (χ0) is 19.6. The largest absolute Gasteiger partial charge is 0.415 e. The number of rotatable bonds is 7. The van der Waals surface area contributed by atoms with Crippen LogP contribution in [0.3, 0.4) is 0 Å². The molecule has 0 saturated carbocycles. The van der Waals surface area contributed by atoms with E-state index < -0.39 is 17.7 Å². The third-order valence-electron chi connectivity index (χ3n) is 2.39. The lowest BCUT2D eigenvalue weighted by molar-refractivity contribution is -0.138. The number of allylic oxidation sites excluding steroid dienone is 4. The van der Waals surface area contributed by atoms with Crippen molar-refractivity contribution < 1.29 is 22.8 Å². The minimum absolute atomic E-state index is 0.0934. The van der Waals surface area contributed by atoms with Gasteiger partial charge in [-0.2, -0.15) is 13.2 Å². The molecule has 25 heavy (non-hydrogen) atoms. The highest BCUT2D eigenvalue weighted by Gasteiger charge is 2.30. The average Bonchev–Trinajstić information content (AvgIpc) is 2.51. The van der Waals surface area contributed by atoms with Crippen molar-refractivity contribution >= 4 is 18.0 Å². The molecule has 0 aliphatic carbocycles. The second-order valence-corrected chi connectivity index (χ2v) is 4.43. The summed E-state index contributed by atoms with van der Waals surface area (Å²) in [5.41, 5.74) is 14.7. The molecule has 7 nitrogen and oxygen atoms in total. The molecule has 0 aliphatic heterocycles. The van der Waals surface area contributed by atoms with Gasteiger partial charge < -0.3 is 22.0 Å². The Kier molecular flexibility index (Phi) is 8.47. The molecule has 6 N–H and O–H groups in total. The number of amidine groups is 1. The highest BCUT2D eigenvalue weighted by Crippen LogP contribution is 2.25. The quantitative estimate of drug-likeness (QED) is 0.160. The van der Waals surface area contributed by atoms with E-state index in [1.54, 1.807) is 0 Å². The summed E-state index contributed by atoms with van der Waals surface area (Å²) < 4.78 is 37.1. The van der Waals surface area contributed by atoms with Crippen LogP contribution >= 0.6 is 0 Å². The number of nitrogens with two attached hydrogens (primary N) is 3. The van der Waals surface area contributed by atoms with Gasteiger partial charge in [0.15, 0.2) is 5.84 Å². The Morgan fingerprint density at radius 1 is 1.20 bits per heavy atom. The van der Waals surface area contributed by atoms with Crippen LogP contribution in [0.1, 0.15) is 6.92 Å². The Morgan fingerprint density at radius 2 is 1.80 bits per heavy atom. The van der Waals surface area contributed by atoms with Crippen LogP contribution in [-0.4, -0.2) is 24.2 Å². The summed E-state index contributed by atoms with van der Waals surface area (Å²) in [7, 11) is 0. The van der Waals surface area contributed by atoms with Crippen LogP contribution < -0.4 is 17.2 Å². The zero-order valence-corrected chi connectivity index (χ0v) is 13.4. The topological polar surface area (TPSA) is 129 Å². The Labute approximate surface area is 142 Å². The predicted molar refractivity (Wildman–Crippen MR) is 89.9 cm³/mol. The van der Waals surface area contributed by atoms with Gasteiger partial charge in [-0.25, -0.2) is 4.79 Å². The third kappa shape index (κ3) is 8.21. The number of alkyl halides is 3. The molecule has 0 saturated heterocycles. The summed E-state index contributed by atoms with van der Waals surface area (Å²) in [6, 6.07) is 0. The SMILES string of the molecule is C=C\C=N/C=C(N)/C(N)=N/OC(=O)C(/C=C\C(=C)C(F)(F)F)=C(\C)N. The Balaban J connectivity index is 5.20. The van der Waals surface area contributed by atoms with Gasteiger partial charge >= 0.3 is 12.1 Å². The monoisotopic (exact) mass is 357 g/mol. The number of hydrogen-bond acceptors (Lipinski definition) is 6. The standard InChI is InChI=1S/C15H18F3N5O2/c1-4-7-22-8-12(20)13(21)23-25-14(24)11(10(3)19)6-5-9(2)15(16,17)18/h4-8H,1-2,19-20H2,3H3,(H2,21,23)/b6-5-,11-10+,12-8-,22-7-. The van der Waals surface area contributed by atoms with Gasteiger partial charge in [0.1, 0.15) is 0 Å². The first kappa shape index (κ1) is 21.7. The van der Waals surface area contributed by atoms with Gasteiger partial charge in [-0.05, 0) is 19.1 Å². The number of nitrogens with zero attached hydrogens (tertiary/aromatic N) is 2. The van der Waals surface area contributed by atoms with Crippen molar-refractivity contribution in [2.45, 2.75) is 13.1 Å². The van der Waals surface area contributed by atoms with Crippen molar-refractivity contribution in [3.63, 3.8) is 0 Å². The molecular weight excluding hydrogens is 339 g/mol. The van der Waals surface area contributed by atoms with Crippen LogP contribution in [0.4, 0.5) is 13.2 Å². The van der Waals surface area contributed by atoms with E-state index in [2.05, 4.69) is 28.1 Å². The number of hydrogen-bond donors (Lipinski definition) is 3. The van der Waals surface area contributed by atoms with E-state index in [9.17, 15) is 18.0 Å². The first-order valence-corrected chi connectivity index (χ1v) is 6.56. The zero-order valence-electron chi connectivity index (χ0n) is 13.4. The van der Waals surface area contributed by atoms with Crippen molar-refractivity contribution in [3.8, 4) is 0 Å². The maximum absolute atomic E-state index is 12.4. The van der Waals surface area contributed by atoms with Gasteiger partial charge in [0.05, 0.1) is 17.5 Å². The summed E-state index contributed by atoms with van der Waals surface area (Å²) in [5.74, 6) is -1.50. The molecule has 0 bridgehead atoms. The second-order valence-electron chi connectivity index (χ2n) is 4.43. The lowest BCUT2D eigenvalue weighted by atomic mass is 10.1. The molecule has 0 amide bonds. The molecule has 0 aromatic carbocycles. The van der Waals surface area contributed by atoms with E-state index in [1.807, 2.05) is 0 Å². The molecular formula is C15H18F3N5O2. The fourth-order valence-corrected chi connectivity index (χ4v) is 1.08. The summed E-state index contributed by atoms with van der Waals surface area (Å²) in [4.78, 5) is 20.0. The number of aliphatic imine (C=N–C) groups is 1. The van der Waals surface area contributed by atoms with Crippen LogP contribution in [0, 0.1) is 0 Å². The Morgan fingerprint density at radius 3 is 2.28 bits per heavy atom. The number of carbonyl (C=O) groups excluding carboxylic acids is 1. The number of carbonyl (C=O) groups is 1. The van der Waals surface area contributed by atoms with Gasteiger partial charge in [-0.1, -0.05) is 24.4 Å². The molecule has 0 aromatic rings. The van der Waals surface area contributed by atoms with Crippen LogP contribution in [-0.2, 0) is 9.63 Å². The molecule has 0 spiro atoms. The van der Waals surface area contributed by atoms with Gasteiger partial charge in [0, 0.05) is 17.5 Å². The van der Waals surface area contributed by atoms with E-state index in [-0.39, 0.29) is 22.8 Å². The maximum atomic E-state index is 12.4. The van der Waals surface area contributed by atoms with Gasteiger partial charge in [0.25, 0.3) is 0 Å². The molecule has 0 atom stereocenters. The summed E-state index contributed by atoms with van der Waals surface area (Å²) in [6.07, 6.45) is 0.599. The van der Waals surface area contributed by atoms with Crippen LogP contribution in [0.25, 0.3) is 0 Å². The van der Waals surface area contributed by atoms with Gasteiger partial charge in [-0.3, -0.25) is 4.99 Å². The summed E-state index contributed by atoms with van der Waals surface area (Å²) in [6.45, 7) is 7.52. The molecule has 0 radical (unpaired) electrons. The molecule has 0 rings (SSSR count). The summed E-state index contributed by atoms with van der Waals surface area (Å²) in [5, 5.41) is 3.27.